The van der Waals surface area contributed by atoms with E-state index in [1.165, 1.54) is 11.1 Å². The SMILES string of the molecule is COc1ccc(COCC/C=C(\CCOCc2ccc(OC)cc2)C(CCCO)Cc2ccccc2)cc1. The van der Waals surface area contributed by atoms with Gasteiger partial charge in [0.05, 0.1) is 40.6 Å². The zero-order chi connectivity index (χ0) is 26.8. The number of aliphatic hydroxyl groups is 1. The van der Waals surface area contributed by atoms with Crippen molar-refractivity contribution in [3.8, 4) is 11.5 Å². The molecule has 0 aliphatic carbocycles. The predicted molar refractivity (Wildman–Crippen MR) is 153 cm³/mol. The number of benzene rings is 3. The van der Waals surface area contributed by atoms with Gasteiger partial charge in [0, 0.05) is 6.61 Å². The first-order valence-corrected chi connectivity index (χ1v) is 13.5. The van der Waals surface area contributed by atoms with Gasteiger partial charge in [-0.2, -0.15) is 0 Å². The summed E-state index contributed by atoms with van der Waals surface area (Å²) in [6.07, 6.45) is 6.72. The molecule has 0 radical (unpaired) electrons. The van der Waals surface area contributed by atoms with Gasteiger partial charge in [0.25, 0.3) is 0 Å². The molecule has 3 rings (SSSR count). The molecule has 1 N–H and O–H groups in total. The Labute approximate surface area is 228 Å². The van der Waals surface area contributed by atoms with Crippen LogP contribution in [0.15, 0.2) is 90.5 Å². The van der Waals surface area contributed by atoms with E-state index in [2.05, 4.69) is 36.4 Å². The van der Waals surface area contributed by atoms with Gasteiger partial charge in [0.1, 0.15) is 11.5 Å². The van der Waals surface area contributed by atoms with Crippen LogP contribution in [0.2, 0.25) is 0 Å². The lowest BCUT2D eigenvalue weighted by Crippen LogP contribution is -2.12. The van der Waals surface area contributed by atoms with Crippen LogP contribution >= 0.6 is 0 Å². The van der Waals surface area contributed by atoms with Gasteiger partial charge in [-0.05, 0) is 79.0 Å². The molecule has 0 fully saturated rings. The number of hydrogen-bond acceptors (Lipinski definition) is 5. The summed E-state index contributed by atoms with van der Waals surface area (Å²) >= 11 is 0. The Morgan fingerprint density at radius 3 is 1.87 bits per heavy atom. The van der Waals surface area contributed by atoms with E-state index in [1.807, 2.05) is 48.5 Å². The molecule has 204 valence electrons. The average molecular weight is 519 g/mol. The standard InChI is InChI=1S/C33H42O5/c1-35-32-16-12-28(13-17-32)25-37-22-7-11-30(20-23-38-26-29-14-18-33(36-2)19-15-29)31(10-6-21-34)24-27-8-4-3-5-9-27/h3-5,8-9,11-19,31,34H,6-7,10,20-26H2,1-2H3/b30-11+. The van der Waals surface area contributed by atoms with Gasteiger partial charge in [0.2, 0.25) is 0 Å². The lowest BCUT2D eigenvalue weighted by Gasteiger charge is -2.21. The van der Waals surface area contributed by atoms with E-state index in [4.69, 9.17) is 18.9 Å². The van der Waals surface area contributed by atoms with Gasteiger partial charge in [0.15, 0.2) is 0 Å². The smallest absolute Gasteiger partial charge is 0.118 e. The molecule has 3 aromatic rings. The van der Waals surface area contributed by atoms with Crippen molar-refractivity contribution >= 4 is 0 Å². The summed E-state index contributed by atoms with van der Waals surface area (Å²) in [5.41, 5.74) is 4.96. The van der Waals surface area contributed by atoms with E-state index in [0.29, 0.717) is 32.3 Å². The minimum atomic E-state index is 0.206. The van der Waals surface area contributed by atoms with E-state index in [9.17, 15) is 5.11 Å². The van der Waals surface area contributed by atoms with E-state index in [-0.39, 0.29) is 6.61 Å². The fourth-order valence-corrected chi connectivity index (χ4v) is 4.47. The second-order valence-corrected chi connectivity index (χ2v) is 9.37. The Bertz CT molecular complexity index is 1050. The van der Waals surface area contributed by atoms with E-state index in [1.54, 1.807) is 14.2 Å². The largest absolute Gasteiger partial charge is 0.497 e. The van der Waals surface area contributed by atoms with Gasteiger partial charge >= 0.3 is 0 Å². The van der Waals surface area contributed by atoms with Gasteiger partial charge in [-0.1, -0.05) is 66.2 Å². The Morgan fingerprint density at radius 1 is 0.737 bits per heavy atom. The highest BCUT2D eigenvalue weighted by Crippen LogP contribution is 2.26. The minimum absolute atomic E-state index is 0.206. The van der Waals surface area contributed by atoms with Crippen LogP contribution < -0.4 is 9.47 Å². The highest BCUT2D eigenvalue weighted by Gasteiger charge is 2.15. The molecule has 0 saturated carbocycles. The van der Waals surface area contributed by atoms with Crippen molar-refractivity contribution in [1.29, 1.82) is 0 Å². The molecule has 1 atom stereocenters. The molecule has 1 unspecified atom stereocenters. The Balaban J connectivity index is 1.58. The molecule has 0 aliphatic heterocycles. The quantitative estimate of drug-likeness (QED) is 0.149. The third-order valence-corrected chi connectivity index (χ3v) is 6.62. The van der Waals surface area contributed by atoms with E-state index < -0.39 is 0 Å². The average Bonchev–Trinajstić information content (AvgIpc) is 2.97. The number of rotatable bonds is 18. The minimum Gasteiger partial charge on any atom is -0.497 e. The highest BCUT2D eigenvalue weighted by molar-refractivity contribution is 5.27. The molecule has 0 saturated heterocycles. The third kappa shape index (κ3) is 10.7. The zero-order valence-electron chi connectivity index (χ0n) is 22.8. The molecule has 5 nitrogen and oxygen atoms in total. The van der Waals surface area contributed by atoms with Gasteiger partial charge in [-0.3, -0.25) is 0 Å². The Kier molecular flexibility index (Phi) is 13.5. The Morgan fingerprint density at radius 2 is 1.32 bits per heavy atom. The lowest BCUT2D eigenvalue weighted by molar-refractivity contribution is 0.120. The summed E-state index contributed by atoms with van der Waals surface area (Å²) in [6.45, 7) is 2.66. The predicted octanol–water partition coefficient (Wildman–Crippen LogP) is 6.78. The summed E-state index contributed by atoms with van der Waals surface area (Å²) < 4.78 is 22.5. The first-order chi connectivity index (χ1) is 18.7. The molecule has 0 spiro atoms. The van der Waals surface area contributed by atoms with Crippen LogP contribution in [0.3, 0.4) is 0 Å². The van der Waals surface area contributed by atoms with Crippen molar-refractivity contribution in [2.24, 2.45) is 5.92 Å². The van der Waals surface area contributed by atoms with E-state index in [0.717, 1.165) is 54.7 Å². The van der Waals surface area contributed by atoms with Crippen LogP contribution in [-0.2, 0) is 29.1 Å². The maximum atomic E-state index is 9.55. The van der Waals surface area contributed by atoms with Crippen molar-refractivity contribution in [2.75, 3.05) is 34.0 Å². The fourth-order valence-electron chi connectivity index (χ4n) is 4.47. The molecule has 38 heavy (non-hydrogen) atoms. The van der Waals surface area contributed by atoms with Gasteiger partial charge in [-0.15, -0.1) is 0 Å². The van der Waals surface area contributed by atoms with Crippen LogP contribution in [0.4, 0.5) is 0 Å². The summed E-state index contributed by atoms with van der Waals surface area (Å²) in [7, 11) is 3.34. The molecule has 0 aromatic heterocycles. The maximum absolute atomic E-state index is 9.55. The first kappa shape index (κ1) is 29.4. The molecular weight excluding hydrogens is 476 g/mol. The molecule has 3 aromatic carbocycles. The summed E-state index contributed by atoms with van der Waals surface area (Å²) in [5.74, 6) is 2.06. The van der Waals surface area contributed by atoms with Crippen LogP contribution in [0.25, 0.3) is 0 Å². The molecule has 0 aliphatic rings. The second kappa shape index (κ2) is 17.4. The zero-order valence-corrected chi connectivity index (χ0v) is 22.8. The van der Waals surface area contributed by atoms with Crippen LogP contribution in [-0.4, -0.2) is 39.1 Å². The number of methoxy groups -OCH3 is 2. The van der Waals surface area contributed by atoms with Crippen molar-refractivity contribution in [3.05, 3.63) is 107 Å². The lowest BCUT2D eigenvalue weighted by atomic mass is 9.86. The van der Waals surface area contributed by atoms with Crippen LogP contribution in [0, 0.1) is 5.92 Å². The molecule has 5 heteroatoms. The van der Waals surface area contributed by atoms with Crippen molar-refractivity contribution in [3.63, 3.8) is 0 Å². The summed E-state index contributed by atoms with van der Waals surface area (Å²) in [6, 6.07) is 26.6. The molecule has 0 bridgehead atoms. The van der Waals surface area contributed by atoms with Crippen molar-refractivity contribution < 1.29 is 24.1 Å². The van der Waals surface area contributed by atoms with Crippen LogP contribution in [0.1, 0.15) is 42.4 Å². The highest BCUT2D eigenvalue weighted by atomic mass is 16.5. The molecular formula is C33H42O5. The third-order valence-electron chi connectivity index (χ3n) is 6.62. The molecule has 0 heterocycles. The number of aliphatic hydroxyl groups excluding tert-OH is 1. The normalized spacial score (nSPS) is 12.3. The maximum Gasteiger partial charge on any atom is 0.118 e. The fraction of sp³-hybridized carbons (Fsp3) is 0.394. The molecule has 0 amide bonds. The summed E-state index contributed by atoms with van der Waals surface area (Å²) in [5, 5.41) is 9.55. The Hall–Kier alpha value is -3.12. The topological polar surface area (TPSA) is 57.2 Å². The number of hydrogen-bond donors (Lipinski definition) is 1. The number of ether oxygens (including phenoxy) is 4. The monoisotopic (exact) mass is 518 g/mol. The van der Waals surface area contributed by atoms with E-state index >= 15 is 0 Å². The summed E-state index contributed by atoms with van der Waals surface area (Å²) in [4.78, 5) is 0. The van der Waals surface area contributed by atoms with Crippen molar-refractivity contribution in [2.45, 2.75) is 45.3 Å². The van der Waals surface area contributed by atoms with Gasteiger partial charge < -0.3 is 24.1 Å². The van der Waals surface area contributed by atoms with Gasteiger partial charge in [-0.25, -0.2) is 0 Å². The van der Waals surface area contributed by atoms with Crippen LogP contribution in [0.5, 0.6) is 11.5 Å². The second-order valence-electron chi connectivity index (χ2n) is 9.37. The van der Waals surface area contributed by atoms with Crippen molar-refractivity contribution in [1.82, 2.24) is 0 Å². The first-order valence-electron chi connectivity index (χ1n) is 13.5.